The molecule has 0 saturated heterocycles. The molecule has 0 spiro atoms. The number of benzene rings is 1. The van der Waals surface area contributed by atoms with Crippen LogP contribution in [0.2, 0.25) is 0 Å². The Bertz CT molecular complexity index is 1020. The molecule has 0 radical (unpaired) electrons. The summed E-state index contributed by atoms with van der Waals surface area (Å²) >= 11 is 0. The summed E-state index contributed by atoms with van der Waals surface area (Å²) in [7, 11) is 0. The second-order valence-corrected chi connectivity index (χ2v) is 6.12. The first-order valence-corrected chi connectivity index (χ1v) is 8.19. The van der Waals surface area contributed by atoms with Gasteiger partial charge in [0.25, 0.3) is 0 Å². The summed E-state index contributed by atoms with van der Waals surface area (Å²) in [5.74, 6) is 0.869. The van der Waals surface area contributed by atoms with Crippen molar-refractivity contribution in [2.45, 2.75) is 12.5 Å². The molecular formula is C19H15FN4O. The van der Waals surface area contributed by atoms with Crippen molar-refractivity contribution in [3.05, 3.63) is 78.0 Å². The molecule has 0 saturated carbocycles. The van der Waals surface area contributed by atoms with Gasteiger partial charge in [-0.1, -0.05) is 24.3 Å². The van der Waals surface area contributed by atoms with Crippen LogP contribution < -0.4 is 4.90 Å². The average molecular weight is 334 g/mol. The first kappa shape index (κ1) is 14.2. The Hall–Kier alpha value is -3.15. The second kappa shape index (κ2) is 5.44. The van der Waals surface area contributed by atoms with Gasteiger partial charge in [-0.15, -0.1) is 0 Å². The molecule has 0 amide bonds. The summed E-state index contributed by atoms with van der Waals surface area (Å²) in [6.45, 7) is 0.702. The molecule has 0 bridgehead atoms. The minimum atomic E-state index is -0.492. The van der Waals surface area contributed by atoms with Crippen molar-refractivity contribution < 1.29 is 8.81 Å². The quantitative estimate of drug-likeness (QED) is 0.566. The number of pyridine rings is 1. The van der Waals surface area contributed by atoms with Crippen molar-refractivity contribution in [3.8, 4) is 0 Å². The van der Waals surface area contributed by atoms with Crippen molar-refractivity contribution >= 4 is 16.8 Å². The average Bonchev–Trinajstić information content (AvgIpc) is 3.27. The van der Waals surface area contributed by atoms with Gasteiger partial charge in [-0.3, -0.25) is 0 Å². The molecule has 3 aromatic heterocycles. The van der Waals surface area contributed by atoms with Crippen molar-refractivity contribution in [2.75, 3.05) is 11.4 Å². The van der Waals surface area contributed by atoms with Gasteiger partial charge in [-0.05, 0) is 24.3 Å². The van der Waals surface area contributed by atoms with E-state index in [0.717, 1.165) is 34.5 Å². The van der Waals surface area contributed by atoms with Gasteiger partial charge >= 0.3 is 0 Å². The smallest absolute Gasteiger partial charge is 0.214 e. The predicted molar refractivity (Wildman–Crippen MR) is 91.9 cm³/mol. The minimum absolute atomic E-state index is 0.239. The fraction of sp³-hybridized carbons (Fsp3) is 0.158. The van der Waals surface area contributed by atoms with Crippen LogP contribution in [0.4, 0.5) is 10.2 Å². The number of nitrogens with one attached hydrogen (secondary N) is 1. The number of imidazole rings is 1. The summed E-state index contributed by atoms with van der Waals surface area (Å²) in [5.41, 5.74) is 2.81. The highest BCUT2D eigenvalue weighted by Crippen LogP contribution is 2.38. The SMILES string of the molecule is Fc1cccc(N2CCc3[nH]cnc3[C@@H]2c2cc3ccccc3o2)n1. The summed E-state index contributed by atoms with van der Waals surface area (Å²) < 4.78 is 19.8. The number of aromatic nitrogens is 3. The van der Waals surface area contributed by atoms with E-state index in [1.165, 1.54) is 6.07 Å². The molecule has 1 aliphatic rings. The summed E-state index contributed by atoms with van der Waals surface area (Å²) in [6, 6.07) is 14.5. The van der Waals surface area contributed by atoms with E-state index in [1.807, 2.05) is 41.3 Å². The fourth-order valence-corrected chi connectivity index (χ4v) is 3.51. The van der Waals surface area contributed by atoms with Gasteiger partial charge in [-0.2, -0.15) is 4.39 Å². The minimum Gasteiger partial charge on any atom is -0.458 e. The van der Waals surface area contributed by atoms with Crippen LogP contribution >= 0.6 is 0 Å². The third kappa shape index (κ3) is 2.29. The zero-order valence-corrected chi connectivity index (χ0v) is 13.3. The Morgan fingerprint density at radius 3 is 2.96 bits per heavy atom. The van der Waals surface area contributed by atoms with Crippen LogP contribution in [0.25, 0.3) is 11.0 Å². The van der Waals surface area contributed by atoms with E-state index in [1.54, 1.807) is 12.4 Å². The first-order valence-electron chi connectivity index (χ1n) is 8.19. The molecule has 25 heavy (non-hydrogen) atoms. The number of nitrogens with zero attached hydrogens (tertiary/aromatic N) is 3. The van der Waals surface area contributed by atoms with E-state index in [9.17, 15) is 4.39 Å². The van der Waals surface area contributed by atoms with Crippen LogP contribution in [0.1, 0.15) is 23.2 Å². The van der Waals surface area contributed by atoms with Crippen LogP contribution in [0, 0.1) is 5.95 Å². The van der Waals surface area contributed by atoms with Crippen molar-refractivity contribution in [2.24, 2.45) is 0 Å². The maximum absolute atomic E-state index is 13.7. The molecule has 6 heteroatoms. The van der Waals surface area contributed by atoms with Crippen LogP contribution in [0.5, 0.6) is 0 Å². The lowest BCUT2D eigenvalue weighted by atomic mass is 10.00. The maximum Gasteiger partial charge on any atom is 0.214 e. The molecule has 4 aromatic rings. The van der Waals surface area contributed by atoms with E-state index in [2.05, 4.69) is 15.0 Å². The lowest BCUT2D eigenvalue weighted by molar-refractivity contribution is 0.482. The molecule has 5 rings (SSSR count). The molecule has 1 atom stereocenters. The Morgan fingerprint density at radius 1 is 1.16 bits per heavy atom. The zero-order valence-electron chi connectivity index (χ0n) is 13.3. The van der Waals surface area contributed by atoms with Crippen LogP contribution in [-0.4, -0.2) is 21.5 Å². The van der Waals surface area contributed by atoms with E-state index in [4.69, 9.17) is 4.42 Å². The second-order valence-electron chi connectivity index (χ2n) is 6.12. The lowest BCUT2D eigenvalue weighted by Gasteiger charge is -2.34. The van der Waals surface area contributed by atoms with Crippen molar-refractivity contribution in [1.29, 1.82) is 0 Å². The van der Waals surface area contributed by atoms with Crippen LogP contribution in [0.15, 0.2) is 59.3 Å². The van der Waals surface area contributed by atoms with Crippen LogP contribution in [0.3, 0.4) is 0 Å². The number of anilines is 1. The highest BCUT2D eigenvalue weighted by atomic mass is 19.1. The molecule has 124 valence electrons. The maximum atomic E-state index is 13.7. The third-order valence-electron chi connectivity index (χ3n) is 4.63. The monoisotopic (exact) mass is 334 g/mol. The highest BCUT2D eigenvalue weighted by Gasteiger charge is 2.34. The summed E-state index contributed by atoms with van der Waals surface area (Å²) in [4.78, 5) is 13.8. The highest BCUT2D eigenvalue weighted by molar-refractivity contribution is 5.78. The van der Waals surface area contributed by atoms with Gasteiger partial charge in [0, 0.05) is 24.0 Å². The number of para-hydroxylation sites is 1. The number of H-pyrrole nitrogens is 1. The molecular weight excluding hydrogens is 319 g/mol. The molecule has 5 nitrogen and oxygen atoms in total. The van der Waals surface area contributed by atoms with Crippen LogP contribution in [-0.2, 0) is 6.42 Å². The fourth-order valence-electron chi connectivity index (χ4n) is 3.51. The Balaban J connectivity index is 1.68. The van der Waals surface area contributed by atoms with E-state index < -0.39 is 5.95 Å². The standard InChI is InChI=1S/C19H15FN4O/c20-16-6-3-7-17(23-16)24-9-8-13-18(22-11-21-13)19(24)15-10-12-4-1-2-5-14(12)25-15/h1-7,10-11,19H,8-9H2,(H,21,22)/t19-/m0/s1. The van der Waals surface area contributed by atoms with Gasteiger partial charge in [-0.25, -0.2) is 9.97 Å². The molecule has 1 aromatic carbocycles. The van der Waals surface area contributed by atoms with Gasteiger partial charge < -0.3 is 14.3 Å². The number of rotatable bonds is 2. The first-order chi connectivity index (χ1) is 12.3. The van der Waals surface area contributed by atoms with E-state index in [-0.39, 0.29) is 6.04 Å². The van der Waals surface area contributed by atoms with Gasteiger partial charge in [0.15, 0.2) is 0 Å². The number of hydrogen-bond acceptors (Lipinski definition) is 4. The topological polar surface area (TPSA) is 58.0 Å². The van der Waals surface area contributed by atoms with Gasteiger partial charge in [0.1, 0.15) is 23.2 Å². The number of furan rings is 1. The summed E-state index contributed by atoms with van der Waals surface area (Å²) in [5, 5.41) is 1.03. The molecule has 4 heterocycles. The zero-order chi connectivity index (χ0) is 16.8. The summed E-state index contributed by atoms with van der Waals surface area (Å²) in [6.07, 6.45) is 2.49. The molecule has 0 unspecified atom stereocenters. The normalized spacial score (nSPS) is 17.0. The predicted octanol–water partition coefficient (Wildman–Crippen LogP) is 3.84. The largest absolute Gasteiger partial charge is 0.458 e. The Morgan fingerprint density at radius 2 is 2.08 bits per heavy atom. The Labute approximate surface area is 143 Å². The number of hydrogen-bond donors (Lipinski definition) is 1. The molecule has 1 aliphatic heterocycles. The molecule has 0 aliphatic carbocycles. The van der Waals surface area contributed by atoms with Crippen molar-refractivity contribution in [1.82, 2.24) is 15.0 Å². The Kier molecular flexibility index (Phi) is 3.09. The number of aromatic amines is 1. The molecule has 0 fully saturated rings. The lowest BCUT2D eigenvalue weighted by Crippen LogP contribution is -2.36. The van der Waals surface area contributed by atoms with Gasteiger partial charge in [0.05, 0.1) is 12.0 Å². The van der Waals surface area contributed by atoms with Gasteiger partial charge in [0.2, 0.25) is 5.95 Å². The van der Waals surface area contributed by atoms with E-state index >= 15 is 0 Å². The molecule has 1 N–H and O–H groups in total. The number of fused-ring (bicyclic) bond motifs is 2. The van der Waals surface area contributed by atoms with E-state index in [0.29, 0.717) is 12.4 Å². The third-order valence-corrected chi connectivity index (χ3v) is 4.63. The van der Waals surface area contributed by atoms with Crippen molar-refractivity contribution in [3.63, 3.8) is 0 Å². The number of halogens is 1.